The number of hydrogen-bond acceptors (Lipinski definition) is 3. The van der Waals surface area contributed by atoms with Crippen LogP contribution in [0, 0.1) is 19.8 Å². The third-order valence-electron chi connectivity index (χ3n) is 5.42. The molecule has 2 heterocycles. The zero-order valence-corrected chi connectivity index (χ0v) is 20.3. The summed E-state index contributed by atoms with van der Waals surface area (Å²) in [7, 11) is 1.78. The van der Waals surface area contributed by atoms with Crippen molar-refractivity contribution in [3.05, 3.63) is 52.8 Å². The average Bonchev–Trinajstić information content (AvgIpc) is 3.25. The third kappa shape index (κ3) is 6.18. The summed E-state index contributed by atoms with van der Waals surface area (Å²) in [5.74, 6) is 1.58. The summed E-state index contributed by atoms with van der Waals surface area (Å²) in [4.78, 5) is 7.29. The van der Waals surface area contributed by atoms with Crippen LogP contribution in [0.1, 0.15) is 35.9 Å². The van der Waals surface area contributed by atoms with E-state index in [1.54, 1.807) is 7.11 Å². The van der Waals surface area contributed by atoms with Crippen molar-refractivity contribution in [2.24, 2.45) is 10.9 Å². The maximum atomic E-state index is 5.33. The molecule has 1 unspecified atom stereocenters. The van der Waals surface area contributed by atoms with Crippen LogP contribution in [0.3, 0.4) is 0 Å². The molecule has 1 N–H and O–H groups in total. The minimum Gasteiger partial charge on any atom is -0.384 e. The van der Waals surface area contributed by atoms with E-state index in [-0.39, 0.29) is 24.0 Å². The lowest BCUT2D eigenvalue weighted by molar-refractivity contribution is 0.157. The lowest BCUT2D eigenvalue weighted by Gasteiger charge is -2.21. The Bertz CT molecular complexity index is 790. The molecule has 0 radical (unpaired) electrons. The second-order valence-corrected chi connectivity index (χ2v) is 7.52. The number of likely N-dealkylation sites (tertiary alicyclic amines) is 1. The number of ether oxygens (including phenoxy) is 1. The van der Waals surface area contributed by atoms with Gasteiger partial charge in [0.25, 0.3) is 0 Å². The molecule has 0 bridgehead atoms. The molecule has 0 aliphatic carbocycles. The lowest BCUT2D eigenvalue weighted by atomic mass is 10.1. The van der Waals surface area contributed by atoms with Gasteiger partial charge in [0.05, 0.1) is 25.4 Å². The zero-order chi connectivity index (χ0) is 19.9. The van der Waals surface area contributed by atoms with Gasteiger partial charge in [-0.05, 0) is 32.8 Å². The summed E-state index contributed by atoms with van der Waals surface area (Å²) in [6, 6.07) is 10.5. The number of nitrogens with one attached hydrogen (secondary N) is 1. The normalized spacial score (nSPS) is 16.8. The van der Waals surface area contributed by atoms with Gasteiger partial charge in [-0.3, -0.25) is 4.68 Å². The van der Waals surface area contributed by atoms with Crippen LogP contribution in [0.5, 0.6) is 0 Å². The fourth-order valence-corrected chi connectivity index (χ4v) is 3.85. The lowest BCUT2D eigenvalue weighted by Crippen LogP contribution is -2.40. The van der Waals surface area contributed by atoms with E-state index in [1.165, 1.54) is 16.8 Å². The Labute approximate surface area is 191 Å². The molecule has 1 atom stereocenters. The van der Waals surface area contributed by atoms with Gasteiger partial charge in [-0.25, -0.2) is 4.99 Å². The molecule has 0 spiro atoms. The third-order valence-corrected chi connectivity index (χ3v) is 5.42. The molecule has 3 rings (SSSR count). The molecule has 1 saturated heterocycles. The topological polar surface area (TPSA) is 54.7 Å². The van der Waals surface area contributed by atoms with Crippen LogP contribution < -0.4 is 5.32 Å². The van der Waals surface area contributed by atoms with Crippen molar-refractivity contribution >= 4 is 29.9 Å². The van der Waals surface area contributed by atoms with Gasteiger partial charge in [-0.1, -0.05) is 30.3 Å². The van der Waals surface area contributed by atoms with Crippen LogP contribution in [0.25, 0.3) is 0 Å². The van der Waals surface area contributed by atoms with Gasteiger partial charge in [0.1, 0.15) is 0 Å². The first-order valence-corrected chi connectivity index (χ1v) is 10.2. The summed E-state index contributed by atoms with van der Waals surface area (Å²) in [5, 5.41) is 8.21. The predicted octanol–water partition coefficient (Wildman–Crippen LogP) is 3.60. The molecule has 29 heavy (non-hydrogen) atoms. The Morgan fingerprint density at radius 2 is 2.03 bits per heavy atom. The van der Waals surface area contributed by atoms with Gasteiger partial charge in [0.2, 0.25) is 0 Å². The SMILES string of the molecule is CCNC(=NCc1c(C)nn(Cc2ccccc2)c1C)N1CCC(COC)C1.I. The molecular weight excluding hydrogens is 477 g/mol. The number of guanidine groups is 1. The summed E-state index contributed by atoms with van der Waals surface area (Å²) in [6.45, 7) is 11.5. The maximum Gasteiger partial charge on any atom is 0.194 e. The van der Waals surface area contributed by atoms with Gasteiger partial charge >= 0.3 is 0 Å². The van der Waals surface area contributed by atoms with Gasteiger partial charge in [-0.2, -0.15) is 5.10 Å². The molecule has 1 aromatic carbocycles. The predicted molar refractivity (Wildman–Crippen MR) is 129 cm³/mol. The Morgan fingerprint density at radius 1 is 1.28 bits per heavy atom. The highest BCUT2D eigenvalue weighted by Gasteiger charge is 2.24. The number of halogens is 1. The van der Waals surface area contributed by atoms with E-state index in [9.17, 15) is 0 Å². The first kappa shape index (κ1) is 23.7. The molecule has 0 amide bonds. The molecule has 1 aliphatic heterocycles. The number of aromatic nitrogens is 2. The summed E-state index contributed by atoms with van der Waals surface area (Å²) in [5.41, 5.74) is 4.74. The highest BCUT2D eigenvalue weighted by atomic mass is 127. The minimum absolute atomic E-state index is 0. The highest BCUT2D eigenvalue weighted by Crippen LogP contribution is 2.19. The average molecular weight is 511 g/mol. The monoisotopic (exact) mass is 511 g/mol. The molecule has 6 nitrogen and oxygen atoms in total. The zero-order valence-electron chi connectivity index (χ0n) is 18.0. The van der Waals surface area contributed by atoms with E-state index in [0.717, 1.165) is 50.9 Å². The first-order chi connectivity index (χ1) is 13.6. The first-order valence-electron chi connectivity index (χ1n) is 10.2. The highest BCUT2D eigenvalue weighted by molar-refractivity contribution is 14.0. The quantitative estimate of drug-likeness (QED) is 0.351. The largest absolute Gasteiger partial charge is 0.384 e. The summed E-state index contributed by atoms with van der Waals surface area (Å²) < 4.78 is 7.42. The van der Waals surface area contributed by atoms with Crippen molar-refractivity contribution in [1.82, 2.24) is 20.0 Å². The molecule has 160 valence electrons. The Balaban J connectivity index is 0.00000300. The molecule has 0 saturated carbocycles. The van der Waals surface area contributed by atoms with Crippen molar-refractivity contribution in [3.63, 3.8) is 0 Å². The Hall–Kier alpha value is -1.61. The van der Waals surface area contributed by atoms with Crippen molar-refractivity contribution in [3.8, 4) is 0 Å². The van der Waals surface area contributed by atoms with E-state index in [2.05, 4.69) is 59.9 Å². The van der Waals surface area contributed by atoms with Crippen molar-refractivity contribution < 1.29 is 4.74 Å². The summed E-state index contributed by atoms with van der Waals surface area (Å²) >= 11 is 0. The second kappa shape index (κ2) is 11.5. The Kier molecular flexibility index (Phi) is 9.42. The van der Waals surface area contributed by atoms with Gasteiger partial charge in [0, 0.05) is 43.9 Å². The van der Waals surface area contributed by atoms with Crippen LogP contribution in [-0.4, -0.2) is 54.0 Å². The number of rotatable bonds is 7. The van der Waals surface area contributed by atoms with Crippen LogP contribution in [0.15, 0.2) is 35.3 Å². The minimum atomic E-state index is 0. The van der Waals surface area contributed by atoms with Crippen LogP contribution in [0.4, 0.5) is 0 Å². The summed E-state index contributed by atoms with van der Waals surface area (Å²) in [6.07, 6.45) is 1.16. The number of aryl methyl sites for hydroxylation is 1. The smallest absolute Gasteiger partial charge is 0.194 e. The fourth-order valence-electron chi connectivity index (χ4n) is 3.85. The number of methoxy groups -OCH3 is 1. The standard InChI is InChI=1S/C22H33N5O.HI/c1-5-23-22(26-12-11-20(14-26)16-28-4)24-13-21-17(2)25-27(18(21)3)15-19-9-7-6-8-10-19;/h6-10,20H,5,11-16H2,1-4H3,(H,23,24);1H. The van der Waals surface area contributed by atoms with Crippen LogP contribution in [0.2, 0.25) is 0 Å². The molecule has 1 aromatic heterocycles. The number of benzene rings is 1. The molecule has 1 aliphatic rings. The van der Waals surface area contributed by atoms with Crippen molar-refractivity contribution in [2.75, 3.05) is 33.4 Å². The van der Waals surface area contributed by atoms with E-state index < -0.39 is 0 Å². The van der Waals surface area contributed by atoms with E-state index in [0.29, 0.717) is 12.5 Å². The van der Waals surface area contributed by atoms with Gasteiger partial charge in [0.15, 0.2) is 5.96 Å². The number of nitrogens with zero attached hydrogens (tertiary/aromatic N) is 4. The van der Waals surface area contributed by atoms with E-state index in [4.69, 9.17) is 14.8 Å². The fraction of sp³-hybridized carbons (Fsp3) is 0.545. The van der Waals surface area contributed by atoms with Crippen LogP contribution in [-0.2, 0) is 17.8 Å². The molecular formula is C22H34IN5O. The van der Waals surface area contributed by atoms with E-state index >= 15 is 0 Å². The Morgan fingerprint density at radius 3 is 2.72 bits per heavy atom. The van der Waals surface area contributed by atoms with E-state index in [1.807, 2.05) is 6.07 Å². The van der Waals surface area contributed by atoms with Gasteiger partial charge < -0.3 is 15.0 Å². The number of hydrogen-bond donors (Lipinski definition) is 1. The maximum absolute atomic E-state index is 5.33. The van der Waals surface area contributed by atoms with Crippen molar-refractivity contribution in [2.45, 2.75) is 40.3 Å². The number of aliphatic imine (C=N–C) groups is 1. The van der Waals surface area contributed by atoms with Crippen LogP contribution >= 0.6 is 24.0 Å². The van der Waals surface area contributed by atoms with Gasteiger partial charge in [-0.15, -0.1) is 24.0 Å². The molecule has 7 heteroatoms. The van der Waals surface area contributed by atoms with Crippen molar-refractivity contribution in [1.29, 1.82) is 0 Å². The molecule has 1 fully saturated rings. The second-order valence-electron chi connectivity index (χ2n) is 7.52. The molecule has 2 aromatic rings.